The van der Waals surface area contributed by atoms with E-state index in [4.69, 9.17) is 5.73 Å². The molecule has 0 spiro atoms. The van der Waals surface area contributed by atoms with Crippen molar-refractivity contribution in [3.8, 4) is 0 Å². The number of nitrogen functional groups attached to an aromatic ring is 1. The van der Waals surface area contributed by atoms with Crippen LogP contribution in [-0.2, 0) is 4.79 Å². The molecule has 5 heteroatoms. The zero-order valence-electron chi connectivity index (χ0n) is 11.2. The van der Waals surface area contributed by atoms with E-state index in [2.05, 4.69) is 5.32 Å². The molecular formula is C13H20FN3O. The summed E-state index contributed by atoms with van der Waals surface area (Å²) in [6, 6.07) is 4.55. The van der Waals surface area contributed by atoms with Gasteiger partial charge in [-0.05, 0) is 32.9 Å². The Balaban J connectivity index is 2.74. The highest BCUT2D eigenvalue weighted by atomic mass is 19.1. The first-order chi connectivity index (χ1) is 8.20. The van der Waals surface area contributed by atoms with E-state index in [-0.39, 0.29) is 23.7 Å². The Hall–Kier alpha value is -1.78. The van der Waals surface area contributed by atoms with Crippen LogP contribution in [0.4, 0.5) is 15.8 Å². The van der Waals surface area contributed by atoms with Gasteiger partial charge in [-0.3, -0.25) is 4.79 Å². The van der Waals surface area contributed by atoms with Gasteiger partial charge >= 0.3 is 0 Å². The maximum absolute atomic E-state index is 13.3. The van der Waals surface area contributed by atoms with Crippen LogP contribution in [0, 0.1) is 5.82 Å². The lowest BCUT2D eigenvalue weighted by Crippen LogP contribution is -2.45. The molecule has 1 aromatic rings. The predicted octanol–water partition coefficient (Wildman–Crippen LogP) is 1.76. The average molecular weight is 253 g/mol. The van der Waals surface area contributed by atoms with Crippen LogP contribution in [0.5, 0.6) is 0 Å². The molecule has 0 fully saturated rings. The van der Waals surface area contributed by atoms with Crippen LogP contribution < -0.4 is 16.0 Å². The van der Waals surface area contributed by atoms with Crippen molar-refractivity contribution in [3.63, 3.8) is 0 Å². The number of benzene rings is 1. The standard InChI is InChI=1S/C13H20FN3O/c1-13(2,3)16-11(18)8-17(4)10-7-5-6-9(14)12(10)15/h5-7H,8,15H2,1-4H3,(H,16,18). The first-order valence-corrected chi connectivity index (χ1v) is 5.77. The summed E-state index contributed by atoms with van der Waals surface area (Å²) in [5, 5.41) is 2.84. The third kappa shape index (κ3) is 3.91. The number of hydrogen-bond donors (Lipinski definition) is 2. The van der Waals surface area contributed by atoms with Gasteiger partial charge in [-0.2, -0.15) is 0 Å². The molecule has 1 aromatic carbocycles. The van der Waals surface area contributed by atoms with E-state index in [0.29, 0.717) is 5.69 Å². The third-order valence-electron chi connectivity index (χ3n) is 2.34. The van der Waals surface area contributed by atoms with Crippen molar-refractivity contribution in [2.45, 2.75) is 26.3 Å². The maximum Gasteiger partial charge on any atom is 0.239 e. The molecule has 1 amide bonds. The molecule has 3 N–H and O–H groups in total. The van der Waals surface area contributed by atoms with Crippen molar-refractivity contribution < 1.29 is 9.18 Å². The van der Waals surface area contributed by atoms with E-state index < -0.39 is 5.82 Å². The van der Waals surface area contributed by atoms with Gasteiger partial charge in [0.05, 0.1) is 17.9 Å². The number of amides is 1. The SMILES string of the molecule is CN(CC(=O)NC(C)(C)C)c1cccc(F)c1N. The van der Waals surface area contributed by atoms with E-state index in [9.17, 15) is 9.18 Å². The molecule has 0 saturated carbocycles. The normalized spacial score (nSPS) is 11.2. The zero-order valence-corrected chi connectivity index (χ0v) is 11.2. The number of anilines is 2. The number of hydrogen-bond acceptors (Lipinski definition) is 3. The Morgan fingerprint density at radius 2 is 2.06 bits per heavy atom. The molecule has 4 nitrogen and oxygen atoms in total. The van der Waals surface area contributed by atoms with Crippen molar-refractivity contribution in [1.82, 2.24) is 5.32 Å². The lowest BCUT2D eigenvalue weighted by atomic mass is 10.1. The maximum atomic E-state index is 13.3. The number of nitrogens with one attached hydrogen (secondary N) is 1. The van der Waals surface area contributed by atoms with Gasteiger partial charge in [0, 0.05) is 12.6 Å². The molecule has 1 rings (SSSR count). The topological polar surface area (TPSA) is 58.4 Å². The van der Waals surface area contributed by atoms with Crippen LogP contribution in [0.1, 0.15) is 20.8 Å². The number of carbonyl (C=O) groups excluding carboxylic acids is 1. The largest absolute Gasteiger partial charge is 0.395 e. The lowest BCUT2D eigenvalue weighted by Gasteiger charge is -2.25. The highest BCUT2D eigenvalue weighted by Crippen LogP contribution is 2.24. The van der Waals surface area contributed by atoms with E-state index in [0.717, 1.165) is 0 Å². The van der Waals surface area contributed by atoms with Gasteiger partial charge in [0.2, 0.25) is 5.91 Å². The third-order valence-corrected chi connectivity index (χ3v) is 2.34. The van der Waals surface area contributed by atoms with Crippen LogP contribution in [0.2, 0.25) is 0 Å². The van der Waals surface area contributed by atoms with Crippen LogP contribution in [0.3, 0.4) is 0 Å². The summed E-state index contributed by atoms with van der Waals surface area (Å²) in [6.07, 6.45) is 0. The minimum absolute atomic E-state index is 0.0589. The molecule has 18 heavy (non-hydrogen) atoms. The summed E-state index contributed by atoms with van der Waals surface area (Å²) in [4.78, 5) is 13.4. The Bertz CT molecular complexity index is 440. The fourth-order valence-corrected chi connectivity index (χ4v) is 1.62. The zero-order chi connectivity index (χ0) is 13.9. The lowest BCUT2D eigenvalue weighted by molar-refractivity contribution is -0.121. The van der Waals surface area contributed by atoms with Crippen molar-refractivity contribution in [2.24, 2.45) is 0 Å². The van der Waals surface area contributed by atoms with E-state index in [1.807, 2.05) is 20.8 Å². The fraction of sp³-hybridized carbons (Fsp3) is 0.462. The highest BCUT2D eigenvalue weighted by molar-refractivity contribution is 5.83. The number of nitrogens with two attached hydrogens (primary N) is 1. The molecule has 0 aliphatic heterocycles. The molecule has 0 aromatic heterocycles. The van der Waals surface area contributed by atoms with Crippen LogP contribution in [0.25, 0.3) is 0 Å². The Morgan fingerprint density at radius 3 is 2.61 bits per heavy atom. The molecule has 0 aliphatic rings. The fourth-order valence-electron chi connectivity index (χ4n) is 1.62. The summed E-state index contributed by atoms with van der Waals surface area (Å²) < 4.78 is 13.3. The van der Waals surface area contributed by atoms with Crippen LogP contribution in [0.15, 0.2) is 18.2 Å². The smallest absolute Gasteiger partial charge is 0.239 e. The van der Waals surface area contributed by atoms with E-state index in [1.54, 1.807) is 24.1 Å². The Kier molecular flexibility index (Phi) is 4.16. The van der Waals surface area contributed by atoms with E-state index >= 15 is 0 Å². The Morgan fingerprint density at radius 1 is 1.44 bits per heavy atom. The molecule has 100 valence electrons. The average Bonchev–Trinajstić information content (AvgIpc) is 2.18. The van der Waals surface area contributed by atoms with Gasteiger partial charge in [-0.1, -0.05) is 6.07 Å². The second kappa shape index (κ2) is 5.25. The molecule has 0 radical (unpaired) electrons. The highest BCUT2D eigenvalue weighted by Gasteiger charge is 2.16. The summed E-state index contributed by atoms with van der Waals surface area (Å²) >= 11 is 0. The van der Waals surface area contributed by atoms with E-state index in [1.165, 1.54) is 6.07 Å². The molecule has 0 saturated heterocycles. The van der Waals surface area contributed by atoms with Gasteiger partial charge < -0.3 is 16.0 Å². The van der Waals surface area contributed by atoms with Gasteiger partial charge in [-0.15, -0.1) is 0 Å². The Labute approximate surface area is 107 Å². The number of rotatable bonds is 3. The molecule has 0 atom stereocenters. The second-order valence-corrected chi connectivity index (χ2v) is 5.33. The monoisotopic (exact) mass is 253 g/mol. The second-order valence-electron chi connectivity index (χ2n) is 5.33. The number of likely N-dealkylation sites (N-methyl/N-ethyl adjacent to an activating group) is 1. The van der Waals surface area contributed by atoms with Crippen molar-refractivity contribution in [1.29, 1.82) is 0 Å². The molecule has 0 unspecified atom stereocenters. The van der Waals surface area contributed by atoms with Crippen molar-refractivity contribution in [2.75, 3.05) is 24.2 Å². The summed E-state index contributed by atoms with van der Waals surface area (Å²) in [7, 11) is 1.70. The number of halogens is 1. The number of carbonyl (C=O) groups is 1. The molecule has 0 aliphatic carbocycles. The minimum Gasteiger partial charge on any atom is -0.395 e. The van der Waals surface area contributed by atoms with Gasteiger partial charge in [0.25, 0.3) is 0 Å². The predicted molar refractivity (Wildman–Crippen MR) is 72.0 cm³/mol. The van der Waals surface area contributed by atoms with Crippen molar-refractivity contribution in [3.05, 3.63) is 24.0 Å². The van der Waals surface area contributed by atoms with Gasteiger partial charge in [0.15, 0.2) is 0 Å². The van der Waals surface area contributed by atoms with Crippen LogP contribution >= 0.6 is 0 Å². The quantitative estimate of drug-likeness (QED) is 0.807. The first kappa shape index (κ1) is 14.3. The number of para-hydroxylation sites is 1. The molecular weight excluding hydrogens is 233 g/mol. The summed E-state index contributed by atoms with van der Waals surface area (Å²) in [6.45, 7) is 5.84. The number of nitrogens with zero attached hydrogens (tertiary/aromatic N) is 1. The van der Waals surface area contributed by atoms with Gasteiger partial charge in [0.1, 0.15) is 5.82 Å². The first-order valence-electron chi connectivity index (χ1n) is 5.77. The molecule has 0 heterocycles. The van der Waals surface area contributed by atoms with Gasteiger partial charge in [-0.25, -0.2) is 4.39 Å². The van der Waals surface area contributed by atoms with Crippen LogP contribution in [-0.4, -0.2) is 25.0 Å². The summed E-state index contributed by atoms with van der Waals surface area (Å²) in [5.41, 5.74) is 5.92. The minimum atomic E-state index is -0.476. The summed E-state index contributed by atoms with van der Waals surface area (Å²) in [5.74, 6) is -0.607. The molecule has 0 bridgehead atoms. The van der Waals surface area contributed by atoms with Crippen molar-refractivity contribution >= 4 is 17.3 Å².